The van der Waals surface area contributed by atoms with Crippen LogP contribution in [0.2, 0.25) is 5.02 Å². The number of nitrogens with zero attached hydrogens (tertiary/aromatic N) is 2. The Morgan fingerprint density at radius 1 is 1.53 bits per heavy atom. The van der Waals surface area contributed by atoms with E-state index in [1.165, 1.54) is 6.20 Å². The molecule has 0 aliphatic rings. The van der Waals surface area contributed by atoms with E-state index in [-0.39, 0.29) is 5.95 Å². The number of halogens is 1. The van der Waals surface area contributed by atoms with Gasteiger partial charge in [-0.3, -0.25) is 0 Å². The Morgan fingerprint density at radius 3 is 2.80 bits per heavy atom. The van der Waals surface area contributed by atoms with Crippen molar-refractivity contribution in [2.45, 2.75) is 33.2 Å². The second-order valence-corrected chi connectivity index (χ2v) is 4.15. The molecule has 3 N–H and O–H groups in total. The summed E-state index contributed by atoms with van der Waals surface area (Å²) < 4.78 is 0. The fourth-order valence-corrected chi connectivity index (χ4v) is 1.34. The normalized spacial score (nSPS) is 14.7. The molecule has 1 aromatic heterocycles. The first kappa shape index (κ1) is 12.0. The van der Waals surface area contributed by atoms with Crippen molar-refractivity contribution >= 4 is 23.4 Å². The SMILES string of the molecule is CCC(C)C(C)Nc1nc(N)ncc1Cl. The van der Waals surface area contributed by atoms with Gasteiger partial charge in [0.25, 0.3) is 0 Å². The Labute approximate surface area is 95.3 Å². The topological polar surface area (TPSA) is 63.8 Å². The van der Waals surface area contributed by atoms with Crippen LogP contribution in [-0.4, -0.2) is 16.0 Å². The summed E-state index contributed by atoms with van der Waals surface area (Å²) >= 11 is 5.95. The minimum Gasteiger partial charge on any atom is -0.368 e. The summed E-state index contributed by atoms with van der Waals surface area (Å²) in [6, 6.07) is 0.307. The highest BCUT2D eigenvalue weighted by atomic mass is 35.5. The molecule has 0 saturated carbocycles. The zero-order valence-electron chi connectivity index (χ0n) is 9.29. The Hall–Kier alpha value is -1.03. The first-order chi connectivity index (χ1) is 7.04. The van der Waals surface area contributed by atoms with Crippen molar-refractivity contribution in [2.24, 2.45) is 5.92 Å². The van der Waals surface area contributed by atoms with Gasteiger partial charge in [0.2, 0.25) is 5.95 Å². The number of nitrogens with two attached hydrogens (primary N) is 1. The Balaban J connectivity index is 2.75. The third kappa shape index (κ3) is 3.23. The maximum absolute atomic E-state index is 5.95. The summed E-state index contributed by atoms with van der Waals surface area (Å²) in [5, 5.41) is 3.74. The summed E-state index contributed by atoms with van der Waals surface area (Å²) in [5.41, 5.74) is 5.49. The quantitative estimate of drug-likeness (QED) is 0.832. The van der Waals surface area contributed by atoms with Crippen LogP contribution in [0.1, 0.15) is 27.2 Å². The predicted molar refractivity (Wildman–Crippen MR) is 64.0 cm³/mol. The second-order valence-electron chi connectivity index (χ2n) is 3.74. The van der Waals surface area contributed by atoms with E-state index < -0.39 is 0 Å². The van der Waals surface area contributed by atoms with Gasteiger partial charge in [0.15, 0.2) is 5.82 Å². The lowest BCUT2D eigenvalue weighted by molar-refractivity contribution is 0.493. The van der Waals surface area contributed by atoms with E-state index in [0.29, 0.717) is 22.8 Å². The highest BCUT2D eigenvalue weighted by Crippen LogP contribution is 2.21. The van der Waals surface area contributed by atoms with Gasteiger partial charge >= 0.3 is 0 Å². The third-order valence-corrected chi connectivity index (χ3v) is 2.90. The molecule has 0 spiro atoms. The van der Waals surface area contributed by atoms with Gasteiger partial charge in [-0.15, -0.1) is 0 Å². The average Bonchev–Trinajstić information content (AvgIpc) is 2.22. The molecule has 1 aromatic rings. The van der Waals surface area contributed by atoms with Gasteiger partial charge in [0.05, 0.1) is 6.20 Å². The van der Waals surface area contributed by atoms with E-state index in [9.17, 15) is 0 Å². The lowest BCUT2D eigenvalue weighted by atomic mass is 10.0. The van der Waals surface area contributed by atoms with Crippen molar-refractivity contribution in [1.29, 1.82) is 0 Å². The van der Waals surface area contributed by atoms with Gasteiger partial charge in [-0.05, 0) is 12.8 Å². The summed E-state index contributed by atoms with van der Waals surface area (Å²) in [5.74, 6) is 1.40. The fourth-order valence-electron chi connectivity index (χ4n) is 1.19. The van der Waals surface area contributed by atoms with Crippen LogP contribution in [0.5, 0.6) is 0 Å². The molecule has 0 radical (unpaired) electrons. The van der Waals surface area contributed by atoms with E-state index >= 15 is 0 Å². The molecule has 0 aromatic carbocycles. The lowest BCUT2D eigenvalue weighted by Crippen LogP contribution is -2.24. The molecule has 4 nitrogen and oxygen atoms in total. The molecule has 84 valence electrons. The molecule has 5 heteroatoms. The lowest BCUT2D eigenvalue weighted by Gasteiger charge is -2.20. The van der Waals surface area contributed by atoms with Crippen LogP contribution in [0.15, 0.2) is 6.20 Å². The van der Waals surface area contributed by atoms with Gasteiger partial charge < -0.3 is 11.1 Å². The summed E-state index contributed by atoms with van der Waals surface area (Å²) in [4.78, 5) is 7.86. The van der Waals surface area contributed by atoms with Crippen LogP contribution in [0, 0.1) is 5.92 Å². The molecule has 2 atom stereocenters. The van der Waals surface area contributed by atoms with Gasteiger partial charge in [-0.2, -0.15) is 4.98 Å². The fraction of sp³-hybridized carbons (Fsp3) is 0.600. The van der Waals surface area contributed by atoms with Crippen LogP contribution in [0.25, 0.3) is 0 Å². The average molecular weight is 229 g/mol. The second kappa shape index (κ2) is 5.16. The van der Waals surface area contributed by atoms with Crippen molar-refractivity contribution in [3.05, 3.63) is 11.2 Å². The number of hydrogen-bond donors (Lipinski definition) is 2. The third-order valence-electron chi connectivity index (χ3n) is 2.62. The highest BCUT2D eigenvalue weighted by molar-refractivity contribution is 6.32. The Bertz CT molecular complexity index is 329. The molecular formula is C10H17ClN4. The van der Waals surface area contributed by atoms with Crippen molar-refractivity contribution in [2.75, 3.05) is 11.1 Å². The van der Waals surface area contributed by atoms with E-state index in [4.69, 9.17) is 17.3 Å². The van der Waals surface area contributed by atoms with Gasteiger partial charge in [-0.1, -0.05) is 31.9 Å². The maximum atomic E-state index is 5.95. The standard InChI is InChI=1S/C10H17ClN4/c1-4-6(2)7(3)14-9-8(11)5-13-10(12)15-9/h5-7H,4H2,1-3H3,(H3,12,13,14,15). The number of nitrogens with one attached hydrogen (secondary N) is 1. The summed E-state index contributed by atoms with van der Waals surface area (Å²) in [6.07, 6.45) is 2.61. The monoisotopic (exact) mass is 228 g/mol. The van der Waals surface area contributed by atoms with Gasteiger partial charge in [0, 0.05) is 6.04 Å². The van der Waals surface area contributed by atoms with Crippen LogP contribution in [0.3, 0.4) is 0 Å². The van der Waals surface area contributed by atoms with Crippen molar-refractivity contribution in [3.63, 3.8) is 0 Å². The molecular weight excluding hydrogens is 212 g/mol. The number of rotatable bonds is 4. The molecule has 1 heterocycles. The summed E-state index contributed by atoms with van der Waals surface area (Å²) in [7, 11) is 0. The van der Waals surface area contributed by atoms with Crippen LogP contribution >= 0.6 is 11.6 Å². The number of nitrogen functional groups attached to an aromatic ring is 1. The minimum absolute atomic E-state index is 0.234. The zero-order chi connectivity index (χ0) is 11.4. The first-order valence-electron chi connectivity index (χ1n) is 5.09. The molecule has 15 heavy (non-hydrogen) atoms. The first-order valence-corrected chi connectivity index (χ1v) is 5.47. The molecule has 2 unspecified atom stereocenters. The van der Waals surface area contributed by atoms with Crippen molar-refractivity contribution in [1.82, 2.24) is 9.97 Å². The Morgan fingerprint density at radius 2 is 2.20 bits per heavy atom. The van der Waals surface area contributed by atoms with E-state index in [2.05, 4.69) is 36.1 Å². The smallest absolute Gasteiger partial charge is 0.222 e. The van der Waals surface area contributed by atoms with Gasteiger partial charge in [-0.25, -0.2) is 4.98 Å². The molecule has 0 aliphatic carbocycles. The van der Waals surface area contributed by atoms with E-state index in [1.54, 1.807) is 0 Å². The van der Waals surface area contributed by atoms with E-state index in [1.807, 2.05) is 0 Å². The van der Waals surface area contributed by atoms with Crippen LogP contribution < -0.4 is 11.1 Å². The molecule has 0 saturated heterocycles. The van der Waals surface area contributed by atoms with Gasteiger partial charge in [0.1, 0.15) is 5.02 Å². The predicted octanol–water partition coefficient (Wildman–Crippen LogP) is 2.56. The number of aromatic nitrogens is 2. The van der Waals surface area contributed by atoms with Crippen molar-refractivity contribution < 1.29 is 0 Å². The van der Waals surface area contributed by atoms with Crippen molar-refractivity contribution in [3.8, 4) is 0 Å². The molecule has 0 aliphatic heterocycles. The maximum Gasteiger partial charge on any atom is 0.222 e. The summed E-state index contributed by atoms with van der Waals surface area (Å²) in [6.45, 7) is 6.43. The highest BCUT2D eigenvalue weighted by Gasteiger charge is 2.12. The van der Waals surface area contributed by atoms with Crippen LogP contribution in [-0.2, 0) is 0 Å². The molecule has 1 rings (SSSR count). The zero-order valence-corrected chi connectivity index (χ0v) is 10.0. The molecule has 0 bridgehead atoms. The molecule has 0 amide bonds. The minimum atomic E-state index is 0.234. The van der Waals surface area contributed by atoms with Crippen LogP contribution in [0.4, 0.5) is 11.8 Å². The number of anilines is 2. The van der Waals surface area contributed by atoms with E-state index in [0.717, 1.165) is 6.42 Å². The largest absolute Gasteiger partial charge is 0.368 e. The number of hydrogen-bond acceptors (Lipinski definition) is 4. The molecule has 0 fully saturated rings. The Kier molecular flexibility index (Phi) is 4.15.